The summed E-state index contributed by atoms with van der Waals surface area (Å²) in [6.07, 6.45) is 17.5. The van der Waals surface area contributed by atoms with Crippen molar-refractivity contribution in [2.75, 3.05) is 0 Å². The molecule has 0 spiro atoms. The molecule has 0 radical (unpaired) electrons. The summed E-state index contributed by atoms with van der Waals surface area (Å²) < 4.78 is 0. The van der Waals surface area contributed by atoms with E-state index in [1.807, 2.05) is 12.1 Å². The number of phenolic OH excluding ortho intramolecular Hbond substituents is 1. The quantitative estimate of drug-likeness (QED) is 0.590. The van der Waals surface area contributed by atoms with Crippen molar-refractivity contribution in [2.45, 2.75) is 70.6 Å². The predicted octanol–water partition coefficient (Wildman–Crippen LogP) is 6.51. The first-order chi connectivity index (χ1) is 11.7. The van der Waals surface area contributed by atoms with Gasteiger partial charge in [0.2, 0.25) is 0 Å². The first kappa shape index (κ1) is 17.6. The van der Waals surface area contributed by atoms with Crippen LogP contribution in [0, 0.1) is 23.7 Å². The van der Waals surface area contributed by atoms with Gasteiger partial charge in [-0.25, -0.2) is 0 Å². The van der Waals surface area contributed by atoms with Gasteiger partial charge in [0.15, 0.2) is 0 Å². The molecular weight excluding hydrogens is 292 g/mol. The SMILES string of the molecule is C=CC[C@H]1CC[C@H]([C@H]2CC[C@H](CCc3ccc(O)cc3)CC2)CC1. The van der Waals surface area contributed by atoms with Crippen molar-refractivity contribution in [3.05, 3.63) is 42.5 Å². The van der Waals surface area contributed by atoms with E-state index in [1.54, 1.807) is 0 Å². The van der Waals surface area contributed by atoms with Crippen LogP contribution in [0.15, 0.2) is 36.9 Å². The first-order valence-corrected chi connectivity index (χ1v) is 10.1. The summed E-state index contributed by atoms with van der Waals surface area (Å²) in [4.78, 5) is 0. The maximum absolute atomic E-state index is 9.37. The minimum Gasteiger partial charge on any atom is -0.508 e. The Morgan fingerprint density at radius 2 is 1.38 bits per heavy atom. The smallest absolute Gasteiger partial charge is 0.115 e. The lowest BCUT2D eigenvalue weighted by atomic mass is 9.68. The molecule has 0 aliphatic heterocycles. The molecule has 0 saturated heterocycles. The Bertz CT molecular complexity index is 487. The van der Waals surface area contributed by atoms with E-state index < -0.39 is 0 Å². The van der Waals surface area contributed by atoms with E-state index in [0.29, 0.717) is 5.75 Å². The van der Waals surface area contributed by atoms with Crippen LogP contribution in [0.4, 0.5) is 0 Å². The molecule has 2 aliphatic rings. The summed E-state index contributed by atoms with van der Waals surface area (Å²) in [7, 11) is 0. The highest BCUT2D eigenvalue weighted by Gasteiger charge is 2.30. The van der Waals surface area contributed by atoms with Gasteiger partial charge < -0.3 is 5.11 Å². The Kier molecular flexibility index (Phi) is 6.40. The van der Waals surface area contributed by atoms with Crippen molar-refractivity contribution in [1.29, 1.82) is 0 Å². The third-order valence-corrected chi connectivity index (χ3v) is 6.73. The van der Waals surface area contributed by atoms with Crippen LogP contribution in [0.1, 0.15) is 69.8 Å². The van der Waals surface area contributed by atoms with Crippen molar-refractivity contribution in [2.24, 2.45) is 23.7 Å². The van der Waals surface area contributed by atoms with Crippen LogP contribution >= 0.6 is 0 Å². The zero-order chi connectivity index (χ0) is 16.8. The van der Waals surface area contributed by atoms with E-state index in [0.717, 1.165) is 23.7 Å². The molecule has 0 atom stereocenters. The topological polar surface area (TPSA) is 20.2 Å². The van der Waals surface area contributed by atoms with Crippen LogP contribution in [0.5, 0.6) is 5.75 Å². The van der Waals surface area contributed by atoms with Gasteiger partial charge in [0.1, 0.15) is 5.75 Å². The van der Waals surface area contributed by atoms with Crippen LogP contribution in [-0.4, -0.2) is 5.11 Å². The molecule has 0 bridgehead atoms. The number of phenols is 1. The Balaban J connectivity index is 1.37. The monoisotopic (exact) mass is 326 g/mol. The molecule has 0 unspecified atom stereocenters. The van der Waals surface area contributed by atoms with Gasteiger partial charge >= 0.3 is 0 Å². The number of rotatable bonds is 6. The van der Waals surface area contributed by atoms with Crippen molar-refractivity contribution in [1.82, 2.24) is 0 Å². The molecule has 132 valence electrons. The van der Waals surface area contributed by atoms with Crippen molar-refractivity contribution >= 4 is 0 Å². The molecule has 0 aromatic heterocycles. The molecule has 2 aliphatic carbocycles. The van der Waals surface area contributed by atoms with Gasteiger partial charge in [0.05, 0.1) is 0 Å². The minimum absolute atomic E-state index is 0.377. The van der Waals surface area contributed by atoms with Crippen LogP contribution in [-0.2, 0) is 6.42 Å². The largest absolute Gasteiger partial charge is 0.508 e. The van der Waals surface area contributed by atoms with Gasteiger partial charge in [-0.05, 0) is 99.2 Å². The van der Waals surface area contributed by atoms with Crippen molar-refractivity contribution < 1.29 is 5.11 Å². The molecule has 0 amide bonds. The van der Waals surface area contributed by atoms with Crippen LogP contribution < -0.4 is 0 Å². The van der Waals surface area contributed by atoms with Gasteiger partial charge in [0, 0.05) is 0 Å². The van der Waals surface area contributed by atoms with E-state index in [1.165, 1.54) is 76.2 Å². The lowest BCUT2D eigenvalue weighted by Gasteiger charge is -2.37. The summed E-state index contributed by atoms with van der Waals surface area (Å²) >= 11 is 0. The Hall–Kier alpha value is -1.24. The lowest BCUT2D eigenvalue weighted by Crippen LogP contribution is -2.25. The zero-order valence-electron chi connectivity index (χ0n) is 15.1. The highest BCUT2D eigenvalue weighted by Crippen LogP contribution is 2.42. The Labute approximate surface area is 148 Å². The highest BCUT2D eigenvalue weighted by molar-refractivity contribution is 5.25. The number of hydrogen-bond donors (Lipinski definition) is 1. The van der Waals surface area contributed by atoms with Crippen LogP contribution in [0.2, 0.25) is 0 Å². The van der Waals surface area contributed by atoms with Gasteiger partial charge in [0.25, 0.3) is 0 Å². The molecule has 1 nitrogen and oxygen atoms in total. The Morgan fingerprint density at radius 1 is 0.833 bits per heavy atom. The summed E-state index contributed by atoms with van der Waals surface area (Å²) in [5, 5.41) is 9.37. The third kappa shape index (κ3) is 4.88. The lowest BCUT2D eigenvalue weighted by molar-refractivity contribution is 0.144. The second kappa shape index (κ2) is 8.74. The molecule has 2 fully saturated rings. The van der Waals surface area contributed by atoms with Crippen LogP contribution in [0.25, 0.3) is 0 Å². The molecule has 1 N–H and O–H groups in total. The summed E-state index contributed by atoms with van der Waals surface area (Å²) in [6, 6.07) is 7.77. The first-order valence-electron chi connectivity index (χ1n) is 10.1. The number of hydrogen-bond acceptors (Lipinski definition) is 1. The van der Waals surface area contributed by atoms with E-state index in [4.69, 9.17) is 0 Å². The van der Waals surface area contributed by atoms with Crippen molar-refractivity contribution in [3.8, 4) is 5.75 Å². The molecule has 1 aromatic carbocycles. The third-order valence-electron chi connectivity index (χ3n) is 6.73. The van der Waals surface area contributed by atoms with Gasteiger partial charge in [-0.1, -0.05) is 31.1 Å². The standard InChI is InChI=1S/C23H34O/c1-2-3-18-6-12-21(13-7-18)22-14-8-19(9-15-22)4-5-20-10-16-23(24)17-11-20/h2,10-11,16-19,21-22,24H,1,3-9,12-15H2/t18-,19-,21-,22-. The molecule has 24 heavy (non-hydrogen) atoms. The van der Waals surface area contributed by atoms with E-state index in [9.17, 15) is 5.11 Å². The molecule has 0 heterocycles. The second-order valence-corrected chi connectivity index (χ2v) is 8.29. The fourth-order valence-corrected chi connectivity index (χ4v) is 5.11. The molecule has 3 rings (SSSR count). The number of benzene rings is 1. The minimum atomic E-state index is 0.377. The highest BCUT2D eigenvalue weighted by atomic mass is 16.3. The molecule has 1 aromatic rings. The second-order valence-electron chi connectivity index (χ2n) is 8.29. The van der Waals surface area contributed by atoms with E-state index in [2.05, 4.69) is 24.8 Å². The molecular formula is C23H34O. The average molecular weight is 327 g/mol. The number of aromatic hydroxyl groups is 1. The summed E-state index contributed by atoms with van der Waals surface area (Å²) in [5.74, 6) is 4.26. The number of aryl methyl sites for hydroxylation is 1. The molecule has 2 saturated carbocycles. The van der Waals surface area contributed by atoms with E-state index in [-0.39, 0.29) is 0 Å². The zero-order valence-corrected chi connectivity index (χ0v) is 15.1. The normalized spacial score (nSPS) is 30.8. The Morgan fingerprint density at radius 3 is 1.92 bits per heavy atom. The molecule has 1 heteroatoms. The van der Waals surface area contributed by atoms with Gasteiger partial charge in [-0.2, -0.15) is 0 Å². The van der Waals surface area contributed by atoms with Crippen molar-refractivity contribution in [3.63, 3.8) is 0 Å². The maximum Gasteiger partial charge on any atom is 0.115 e. The summed E-state index contributed by atoms with van der Waals surface area (Å²) in [5.41, 5.74) is 1.37. The predicted molar refractivity (Wildman–Crippen MR) is 102 cm³/mol. The van der Waals surface area contributed by atoms with Gasteiger partial charge in [-0.3, -0.25) is 0 Å². The van der Waals surface area contributed by atoms with Crippen LogP contribution in [0.3, 0.4) is 0 Å². The van der Waals surface area contributed by atoms with Gasteiger partial charge in [-0.15, -0.1) is 6.58 Å². The fraction of sp³-hybridized carbons (Fsp3) is 0.652. The maximum atomic E-state index is 9.37. The van der Waals surface area contributed by atoms with E-state index >= 15 is 0 Å². The fourth-order valence-electron chi connectivity index (χ4n) is 5.11. The average Bonchev–Trinajstić information content (AvgIpc) is 2.63. The summed E-state index contributed by atoms with van der Waals surface area (Å²) in [6.45, 7) is 3.90. The number of allylic oxidation sites excluding steroid dienone is 1.